The molecular formula is C7H4Cl3F3Si. The van der Waals surface area contributed by atoms with Gasteiger partial charge in [-0.2, -0.15) is 13.2 Å². The summed E-state index contributed by atoms with van der Waals surface area (Å²) >= 11 is 16.7. The first-order valence-corrected chi connectivity index (χ1v) is 8.49. The number of hydrogen-bond donors (Lipinski definition) is 0. The zero-order chi connectivity index (χ0) is 11.0. The maximum atomic E-state index is 12.2. The Labute approximate surface area is 93.7 Å². The van der Waals surface area contributed by atoms with Crippen LogP contribution in [0.15, 0.2) is 24.3 Å². The minimum absolute atomic E-state index is 0.136. The molecule has 0 aliphatic heterocycles. The van der Waals surface area contributed by atoms with E-state index in [1.54, 1.807) is 0 Å². The minimum Gasteiger partial charge on any atom is -0.166 e. The Bertz CT molecular complexity index is 302. The number of halogens is 6. The van der Waals surface area contributed by atoms with Crippen molar-refractivity contribution in [2.24, 2.45) is 0 Å². The molecule has 0 fully saturated rings. The van der Waals surface area contributed by atoms with Crippen molar-refractivity contribution in [3.8, 4) is 0 Å². The SMILES string of the molecule is FC(F)(F)c1cccc([Si](Cl)(Cl)Cl)c1. The molecule has 0 saturated carbocycles. The van der Waals surface area contributed by atoms with Crippen LogP contribution in [0.1, 0.15) is 5.56 Å². The van der Waals surface area contributed by atoms with E-state index in [1.807, 2.05) is 0 Å². The summed E-state index contributed by atoms with van der Waals surface area (Å²) in [5, 5.41) is 0.136. The van der Waals surface area contributed by atoms with Crippen LogP contribution in [0.25, 0.3) is 0 Å². The van der Waals surface area contributed by atoms with Gasteiger partial charge in [0, 0.05) is 0 Å². The lowest BCUT2D eigenvalue weighted by Crippen LogP contribution is -2.30. The van der Waals surface area contributed by atoms with Gasteiger partial charge in [0.1, 0.15) is 0 Å². The van der Waals surface area contributed by atoms with E-state index in [0.717, 1.165) is 12.1 Å². The van der Waals surface area contributed by atoms with Crippen molar-refractivity contribution in [1.29, 1.82) is 0 Å². The molecule has 0 aliphatic rings. The van der Waals surface area contributed by atoms with Gasteiger partial charge >= 0.3 is 12.2 Å². The average molecular weight is 280 g/mol. The molecule has 14 heavy (non-hydrogen) atoms. The third-order valence-electron chi connectivity index (χ3n) is 1.52. The van der Waals surface area contributed by atoms with Crippen molar-refractivity contribution in [3.05, 3.63) is 29.8 Å². The molecule has 78 valence electrons. The fourth-order valence-corrected chi connectivity index (χ4v) is 2.53. The van der Waals surface area contributed by atoms with Crippen LogP contribution in [0.3, 0.4) is 0 Å². The van der Waals surface area contributed by atoms with Crippen molar-refractivity contribution in [1.82, 2.24) is 0 Å². The molecule has 1 aromatic rings. The molecule has 0 aliphatic carbocycles. The molecule has 0 radical (unpaired) electrons. The minimum atomic E-state index is -4.40. The van der Waals surface area contributed by atoms with Gasteiger partial charge in [-0.05, 0) is 11.3 Å². The Balaban J connectivity index is 3.15. The van der Waals surface area contributed by atoms with Gasteiger partial charge in [-0.1, -0.05) is 18.2 Å². The summed E-state index contributed by atoms with van der Waals surface area (Å²) in [4.78, 5) is 0. The lowest BCUT2D eigenvalue weighted by atomic mass is 10.2. The largest absolute Gasteiger partial charge is 0.416 e. The Morgan fingerprint density at radius 1 is 1.07 bits per heavy atom. The molecule has 0 bridgehead atoms. The first-order valence-electron chi connectivity index (χ1n) is 3.46. The van der Waals surface area contributed by atoms with E-state index in [9.17, 15) is 13.2 Å². The lowest BCUT2D eigenvalue weighted by molar-refractivity contribution is -0.137. The molecule has 0 nitrogen and oxygen atoms in total. The Morgan fingerprint density at radius 3 is 2.07 bits per heavy atom. The fourth-order valence-electron chi connectivity index (χ4n) is 0.872. The number of hydrogen-bond acceptors (Lipinski definition) is 0. The molecule has 0 unspecified atom stereocenters. The van der Waals surface area contributed by atoms with Crippen LogP contribution in [0, 0.1) is 0 Å². The maximum Gasteiger partial charge on any atom is 0.416 e. The average Bonchev–Trinajstić information content (AvgIpc) is 2.01. The van der Waals surface area contributed by atoms with Gasteiger partial charge in [-0.15, -0.1) is 33.2 Å². The van der Waals surface area contributed by atoms with Crippen LogP contribution >= 0.6 is 33.2 Å². The van der Waals surface area contributed by atoms with Gasteiger partial charge in [-0.25, -0.2) is 0 Å². The van der Waals surface area contributed by atoms with E-state index < -0.39 is 17.7 Å². The van der Waals surface area contributed by atoms with E-state index in [-0.39, 0.29) is 5.19 Å². The predicted octanol–water partition coefficient (Wildman–Crippen LogP) is 3.57. The van der Waals surface area contributed by atoms with Gasteiger partial charge in [0.05, 0.1) is 5.56 Å². The third-order valence-corrected chi connectivity index (χ3v) is 4.45. The first kappa shape index (κ1) is 12.2. The standard InChI is InChI=1S/C7H4Cl3F3Si/c8-14(9,10)6-3-1-2-5(4-6)7(11,12)13/h1-4H. The summed E-state index contributed by atoms with van der Waals surface area (Å²) in [6, 6.07) is 1.20. The van der Waals surface area contributed by atoms with Crippen molar-refractivity contribution in [3.63, 3.8) is 0 Å². The molecule has 0 heterocycles. The summed E-state index contributed by atoms with van der Waals surface area (Å²) in [5.74, 6) is 0. The predicted molar refractivity (Wildman–Crippen MR) is 54.4 cm³/mol. The molecule has 0 N–H and O–H groups in total. The van der Waals surface area contributed by atoms with Gasteiger partial charge < -0.3 is 0 Å². The quantitative estimate of drug-likeness (QED) is 0.544. The number of alkyl halides is 3. The zero-order valence-electron chi connectivity index (χ0n) is 6.58. The summed E-state index contributed by atoms with van der Waals surface area (Å²) in [6.45, 7) is 0. The van der Waals surface area contributed by atoms with E-state index >= 15 is 0 Å². The Morgan fingerprint density at radius 2 is 1.64 bits per heavy atom. The van der Waals surface area contributed by atoms with Crippen LogP contribution in [-0.4, -0.2) is 6.00 Å². The summed E-state index contributed by atoms with van der Waals surface area (Å²) < 4.78 is 36.7. The zero-order valence-corrected chi connectivity index (χ0v) is 9.84. The Hall–Kier alpha value is 0.0969. The fraction of sp³-hybridized carbons (Fsp3) is 0.143. The van der Waals surface area contributed by atoms with E-state index in [2.05, 4.69) is 0 Å². The highest BCUT2D eigenvalue weighted by Crippen LogP contribution is 2.29. The third kappa shape index (κ3) is 3.05. The van der Waals surface area contributed by atoms with Crippen LogP contribution in [0.4, 0.5) is 13.2 Å². The van der Waals surface area contributed by atoms with E-state index in [4.69, 9.17) is 33.2 Å². The highest BCUT2D eigenvalue weighted by Gasteiger charge is 2.34. The number of benzene rings is 1. The van der Waals surface area contributed by atoms with Crippen molar-refractivity contribution in [2.75, 3.05) is 0 Å². The van der Waals surface area contributed by atoms with Crippen LogP contribution in [0.5, 0.6) is 0 Å². The summed E-state index contributed by atoms with van der Waals surface area (Å²) in [6.07, 6.45) is -4.40. The lowest BCUT2D eigenvalue weighted by Gasteiger charge is -2.11. The monoisotopic (exact) mass is 278 g/mol. The second-order valence-corrected chi connectivity index (χ2v) is 11.0. The van der Waals surface area contributed by atoms with Crippen LogP contribution < -0.4 is 5.19 Å². The molecule has 0 amide bonds. The second kappa shape index (κ2) is 3.93. The molecule has 7 heteroatoms. The van der Waals surface area contributed by atoms with Crippen molar-refractivity contribution in [2.45, 2.75) is 6.18 Å². The van der Waals surface area contributed by atoms with Gasteiger partial charge in [0.2, 0.25) is 0 Å². The smallest absolute Gasteiger partial charge is 0.166 e. The highest BCUT2D eigenvalue weighted by molar-refractivity contribution is 7.69. The second-order valence-electron chi connectivity index (χ2n) is 2.58. The van der Waals surface area contributed by atoms with Gasteiger partial charge in [-0.3, -0.25) is 0 Å². The highest BCUT2D eigenvalue weighted by atomic mass is 35.8. The van der Waals surface area contributed by atoms with Crippen molar-refractivity contribution < 1.29 is 13.2 Å². The summed E-state index contributed by atoms with van der Waals surface area (Å²) in [7, 11) is 0. The van der Waals surface area contributed by atoms with Gasteiger partial charge in [0.15, 0.2) is 0 Å². The molecule has 0 saturated heterocycles. The van der Waals surface area contributed by atoms with E-state index in [0.29, 0.717) is 0 Å². The molecule has 0 spiro atoms. The topological polar surface area (TPSA) is 0 Å². The van der Waals surface area contributed by atoms with Crippen LogP contribution in [-0.2, 0) is 6.18 Å². The number of rotatable bonds is 1. The molecule has 0 atom stereocenters. The molecule has 1 aromatic carbocycles. The van der Waals surface area contributed by atoms with Crippen LogP contribution in [0.2, 0.25) is 0 Å². The molecular weight excluding hydrogens is 276 g/mol. The van der Waals surface area contributed by atoms with Gasteiger partial charge in [0.25, 0.3) is 0 Å². The molecule has 1 rings (SSSR count). The van der Waals surface area contributed by atoms with E-state index in [1.165, 1.54) is 12.1 Å². The Kier molecular flexibility index (Phi) is 3.41. The normalized spacial score (nSPS) is 13.0. The van der Waals surface area contributed by atoms with Crippen molar-refractivity contribution >= 4 is 44.4 Å². The molecule has 0 aromatic heterocycles. The summed E-state index contributed by atoms with van der Waals surface area (Å²) in [5.41, 5.74) is -0.797. The first-order chi connectivity index (χ1) is 6.21. The maximum absolute atomic E-state index is 12.2.